The number of fused-ring (bicyclic) bond motifs is 1. The van der Waals surface area contributed by atoms with E-state index in [-0.39, 0.29) is 17.9 Å². The predicted octanol–water partition coefficient (Wildman–Crippen LogP) is 5.11. The molecule has 2 amide bonds. The van der Waals surface area contributed by atoms with Crippen LogP contribution in [0.5, 0.6) is 5.75 Å². The van der Waals surface area contributed by atoms with Crippen molar-refractivity contribution in [2.75, 3.05) is 19.1 Å². The van der Waals surface area contributed by atoms with Gasteiger partial charge in [0.1, 0.15) is 5.75 Å². The number of carbonyl (C=O) groups is 2. The van der Waals surface area contributed by atoms with Crippen molar-refractivity contribution in [2.24, 2.45) is 5.92 Å². The molecule has 0 spiro atoms. The summed E-state index contributed by atoms with van der Waals surface area (Å²) < 4.78 is 5.41. The fraction of sp³-hybridized carbons (Fsp3) is 0.360. The Balaban J connectivity index is 1.57. The third-order valence-electron chi connectivity index (χ3n) is 6.17. The summed E-state index contributed by atoms with van der Waals surface area (Å²) in [5.41, 5.74) is 2.21. The van der Waals surface area contributed by atoms with Crippen molar-refractivity contribution in [2.45, 2.75) is 43.5 Å². The first-order chi connectivity index (χ1) is 15.0. The van der Waals surface area contributed by atoms with E-state index in [9.17, 15) is 9.59 Å². The van der Waals surface area contributed by atoms with E-state index in [1.54, 1.807) is 19.1 Å². The van der Waals surface area contributed by atoms with E-state index in [4.69, 9.17) is 4.74 Å². The lowest BCUT2D eigenvalue weighted by Crippen LogP contribution is -2.41. The fourth-order valence-corrected chi connectivity index (χ4v) is 5.33. The Hall–Kier alpha value is -2.73. The first-order valence-electron chi connectivity index (χ1n) is 10.7. The highest BCUT2D eigenvalue weighted by Crippen LogP contribution is 2.42. The number of rotatable bonds is 4. The van der Waals surface area contributed by atoms with Gasteiger partial charge in [0.25, 0.3) is 11.8 Å². The third kappa shape index (κ3) is 4.49. The molecule has 2 aromatic rings. The number of amides is 2. The van der Waals surface area contributed by atoms with E-state index in [0.717, 1.165) is 41.2 Å². The number of nitrogens with one attached hydrogen (secondary N) is 1. The molecule has 162 valence electrons. The van der Waals surface area contributed by atoms with E-state index < -0.39 is 0 Å². The second-order valence-electron chi connectivity index (χ2n) is 8.24. The number of methoxy groups -OCH3 is 1. The minimum atomic E-state index is -0.0955. The molecule has 1 aliphatic carbocycles. The molecule has 0 aromatic heterocycles. The number of para-hydroxylation sites is 1. The molecule has 1 heterocycles. The Labute approximate surface area is 187 Å². The summed E-state index contributed by atoms with van der Waals surface area (Å²) in [7, 11) is 3.37. The third-order valence-corrected chi connectivity index (χ3v) is 7.25. The van der Waals surface area contributed by atoms with Gasteiger partial charge in [0.15, 0.2) is 0 Å². The molecule has 1 aliphatic heterocycles. The molecule has 0 saturated heterocycles. The van der Waals surface area contributed by atoms with E-state index in [2.05, 4.69) is 12.2 Å². The smallest absolute Gasteiger partial charge is 0.264 e. The number of ether oxygens (including phenoxy) is 1. The highest BCUT2D eigenvalue weighted by Gasteiger charge is 2.28. The second-order valence-corrected chi connectivity index (χ2v) is 9.32. The molecule has 4 rings (SSSR count). The SMILES string of the molecule is COc1ccccc1/C=C1/Sc2ccc(C(=O)N[C@@H]3CCCC[C@@H]3C)cc2N(C)C1=O. The maximum atomic E-state index is 13.0. The molecular formula is C25H28N2O3S. The molecule has 1 saturated carbocycles. The van der Waals surface area contributed by atoms with Crippen molar-refractivity contribution >= 4 is 35.3 Å². The quantitative estimate of drug-likeness (QED) is 0.677. The molecule has 2 aliphatic rings. The van der Waals surface area contributed by atoms with Crippen molar-refractivity contribution < 1.29 is 14.3 Å². The van der Waals surface area contributed by atoms with Gasteiger partial charge in [-0.15, -0.1) is 0 Å². The van der Waals surface area contributed by atoms with E-state index in [0.29, 0.717) is 16.4 Å². The van der Waals surface area contributed by atoms with Gasteiger partial charge in [-0.05, 0) is 49.1 Å². The maximum Gasteiger partial charge on any atom is 0.264 e. The highest BCUT2D eigenvalue weighted by molar-refractivity contribution is 8.04. The molecule has 0 unspecified atom stereocenters. The zero-order valence-corrected chi connectivity index (χ0v) is 19.0. The molecular weight excluding hydrogens is 408 g/mol. The molecule has 0 radical (unpaired) electrons. The first-order valence-corrected chi connectivity index (χ1v) is 11.5. The van der Waals surface area contributed by atoms with E-state index in [1.165, 1.54) is 18.2 Å². The topological polar surface area (TPSA) is 58.6 Å². The van der Waals surface area contributed by atoms with Crippen LogP contribution in [0.3, 0.4) is 0 Å². The van der Waals surface area contributed by atoms with Crippen LogP contribution >= 0.6 is 11.8 Å². The van der Waals surface area contributed by atoms with E-state index in [1.807, 2.05) is 48.5 Å². The zero-order valence-electron chi connectivity index (χ0n) is 18.2. The summed E-state index contributed by atoms with van der Waals surface area (Å²) in [6.45, 7) is 2.20. The van der Waals surface area contributed by atoms with Crippen molar-refractivity contribution in [1.29, 1.82) is 0 Å². The van der Waals surface area contributed by atoms with Crippen molar-refractivity contribution in [3.05, 3.63) is 58.5 Å². The molecule has 2 atom stereocenters. The van der Waals surface area contributed by atoms with Crippen LogP contribution in [0.15, 0.2) is 52.3 Å². The molecule has 6 heteroatoms. The minimum Gasteiger partial charge on any atom is -0.496 e. The van der Waals surface area contributed by atoms with Gasteiger partial charge in [0, 0.05) is 29.1 Å². The second kappa shape index (κ2) is 9.18. The largest absolute Gasteiger partial charge is 0.496 e. The van der Waals surface area contributed by atoms with Crippen LogP contribution in [0.2, 0.25) is 0 Å². The van der Waals surface area contributed by atoms with Gasteiger partial charge in [-0.25, -0.2) is 0 Å². The van der Waals surface area contributed by atoms with Crippen molar-refractivity contribution in [3.8, 4) is 5.75 Å². The summed E-state index contributed by atoms with van der Waals surface area (Å²) in [6, 6.07) is 13.4. The average Bonchev–Trinajstić information content (AvgIpc) is 2.79. The van der Waals surface area contributed by atoms with Crippen molar-refractivity contribution in [3.63, 3.8) is 0 Å². The minimum absolute atomic E-state index is 0.0669. The molecule has 1 N–H and O–H groups in total. The number of hydrogen-bond acceptors (Lipinski definition) is 4. The number of likely N-dealkylation sites (N-methyl/N-ethyl adjacent to an activating group) is 1. The molecule has 2 aromatic carbocycles. The maximum absolute atomic E-state index is 13.0. The van der Waals surface area contributed by atoms with Gasteiger partial charge in [-0.3, -0.25) is 9.59 Å². The fourth-order valence-electron chi connectivity index (χ4n) is 4.24. The lowest BCUT2D eigenvalue weighted by molar-refractivity contribution is -0.114. The number of carbonyl (C=O) groups excluding carboxylic acids is 2. The van der Waals surface area contributed by atoms with Crippen molar-refractivity contribution in [1.82, 2.24) is 5.32 Å². The van der Waals surface area contributed by atoms with E-state index >= 15 is 0 Å². The summed E-state index contributed by atoms with van der Waals surface area (Å²) in [4.78, 5) is 29.1. The number of thioether (sulfide) groups is 1. The number of hydrogen-bond donors (Lipinski definition) is 1. The summed E-state index contributed by atoms with van der Waals surface area (Å²) >= 11 is 1.42. The number of nitrogens with zero attached hydrogens (tertiary/aromatic N) is 1. The number of benzene rings is 2. The molecule has 31 heavy (non-hydrogen) atoms. The molecule has 1 fully saturated rings. The summed E-state index contributed by atoms with van der Waals surface area (Å²) in [6.07, 6.45) is 6.44. The standard InChI is InChI=1S/C25H28N2O3S/c1-16-8-4-6-10-19(16)26-24(28)18-12-13-22-20(14-18)27(2)25(29)23(31-22)15-17-9-5-7-11-21(17)30-3/h5,7,9,11-16,19H,4,6,8,10H2,1-3H3,(H,26,28)/b23-15+/t16-,19+/m0/s1. The van der Waals surface area contributed by atoms with Crippen LogP contribution in [-0.4, -0.2) is 32.0 Å². The average molecular weight is 437 g/mol. The summed E-state index contributed by atoms with van der Waals surface area (Å²) in [5.74, 6) is 1.06. The van der Waals surface area contributed by atoms with Crippen LogP contribution in [0.4, 0.5) is 5.69 Å². The van der Waals surface area contributed by atoms with Crippen LogP contribution < -0.4 is 15.0 Å². The summed E-state index contributed by atoms with van der Waals surface area (Å²) in [5, 5.41) is 3.20. The predicted molar refractivity (Wildman–Crippen MR) is 126 cm³/mol. The first kappa shape index (κ1) is 21.5. The van der Waals surface area contributed by atoms with Gasteiger partial charge in [-0.1, -0.05) is 49.7 Å². The zero-order chi connectivity index (χ0) is 22.0. The van der Waals surface area contributed by atoms with Gasteiger partial charge >= 0.3 is 0 Å². The Morgan fingerprint density at radius 2 is 1.97 bits per heavy atom. The van der Waals surface area contributed by atoms with Gasteiger partial charge < -0.3 is 15.0 Å². The van der Waals surface area contributed by atoms with Crippen LogP contribution in [0.1, 0.15) is 48.5 Å². The van der Waals surface area contributed by atoms with Gasteiger partial charge in [0.05, 0.1) is 17.7 Å². The Kier molecular flexibility index (Phi) is 6.37. The highest BCUT2D eigenvalue weighted by atomic mass is 32.2. The monoisotopic (exact) mass is 436 g/mol. The number of anilines is 1. The van der Waals surface area contributed by atoms with Gasteiger partial charge in [-0.2, -0.15) is 0 Å². The van der Waals surface area contributed by atoms with Crippen LogP contribution in [0, 0.1) is 5.92 Å². The molecule has 5 nitrogen and oxygen atoms in total. The lowest BCUT2D eigenvalue weighted by atomic mass is 9.86. The Bertz CT molecular complexity index is 1030. The molecule has 0 bridgehead atoms. The van der Waals surface area contributed by atoms with Crippen LogP contribution in [-0.2, 0) is 4.79 Å². The van der Waals surface area contributed by atoms with Gasteiger partial charge in [0.2, 0.25) is 0 Å². The van der Waals surface area contributed by atoms with Crippen LogP contribution in [0.25, 0.3) is 6.08 Å². The Morgan fingerprint density at radius 3 is 2.74 bits per heavy atom. The Morgan fingerprint density at radius 1 is 1.19 bits per heavy atom. The normalized spacial score (nSPS) is 22.2. The lowest BCUT2D eigenvalue weighted by Gasteiger charge is -2.30.